The normalized spacial score (nSPS) is 14.4. The van der Waals surface area contributed by atoms with Gasteiger partial charge in [0, 0.05) is 26.8 Å². The van der Waals surface area contributed by atoms with E-state index in [1.165, 1.54) is 7.05 Å². The molecule has 0 spiro atoms. The molecule has 0 heterocycles. The van der Waals surface area contributed by atoms with Gasteiger partial charge in [0.25, 0.3) is 0 Å². The Hall–Kier alpha value is -1.38. The highest BCUT2D eigenvalue weighted by molar-refractivity contribution is 7.92. The lowest BCUT2D eigenvalue weighted by atomic mass is 10.3. The Kier molecular flexibility index (Phi) is 6.58. The van der Waals surface area contributed by atoms with Crippen LogP contribution in [0.2, 0.25) is 0 Å². The number of hydrogen-bond acceptors (Lipinski definition) is 4. The summed E-state index contributed by atoms with van der Waals surface area (Å²) in [7, 11) is -1.14. The number of rotatable bonds is 8. The van der Waals surface area contributed by atoms with Crippen LogP contribution in [0.3, 0.4) is 0 Å². The van der Waals surface area contributed by atoms with Crippen LogP contribution in [0.4, 0.5) is 5.69 Å². The van der Waals surface area contributed by atoms with Gasteiger partial charge in [0.1, 0.15) is 9.92 Å². The van der Waals surface area contributed by atoms with Crippen molar-refractivity contribution < 1.29 is 12.6 Å². The molecule has 0 aromatic heterocycles. The van der Waals surface area contributed by atoms with E-state index in [0.29, 0.717) is 23.4 Å². The maximum Gasteiger partial charge on any atom is 0.232 e. The summed E-state index contributed by atoms with van der Waals surface area (Å²) in [4.78, 5) is 0.537. The van der Waals surface area contributed by atoms with E-state index >= 15 is 0 Å². The maximum atomic E-state index is 12.6. The molecule has 0 amide bonds. The van der Waals surface area contributed by atoms with Crippen LogP contribution >= 0.6 is 0 Å². The average molecular weight is 345 g/mol. The Bertz CT molecular complexity index is 716. The van der Waals surface area contributed by atoms with Gasteiger partial charge in [-0.1, -0.05) is 6.08 Å². The first kappa shape index (κ1) is 18.7. The van der Waals surface area contributed by atoms with Gasteiger partial charge < -0.3 is 0 Å². The summed E-state index contributed by atoms with van der Waals surface area (Å²) >= 11 is 0. The van der Waals surface area contributed by atoms with E-state index in [2.05, 4.69) is 15.7 Å². The number of allylic oxidation sites excluding steroid dienone is 1. The number of nitrogens with zero attached hydrogens (tertiary/aromatic N) is 2. The number of benzene rings is 1. The molecule has 8 heteroatoms. The molecule has 0 saturated carbocycles. The minimum absolute atomic E-state index is 0.0412. The second kappa shape index (κ2) is 7.75. The number of sulfonamides is 1. The number of anilines is 1. The maximum absolute atomic E-state index is 12.6. The summed E-state index contributed by atoms with van der Waals surface area (Å²) in [6.45, 7) is 3.56. The third-order valence-electron chi connectivity index (χ3n) is 3.00. The lowest BCUT2D eigenvalue weighted by Crippen LogP contribution is -2.22. The molecule has 0 aliphatic heterocycles. The van der Waals surface area contributed by atoms with Gasteiger partial charge in [0.15, 0.2) is 0 Å². The minimum atomic E-state index is -3.38. The van der Waals surface area contributed by atoms with E-state index in [0.717, 1.165) is 0 Å². The average Bonchev–Trinajstić information content (AvgIpc) is 2.46. The van der Waals surface area contributed by atoms with Crippen molar-refractivity contribution in [3.8, 4) is 0 Å². The van der Waals surface area contributed by atoms with Crippen LogP contribution in [0.25, 0.3) is 0 Å². The van der Waals surface area contributed by atoms with Crippen LogP contribution < -0.4 is 4.72 Å². The molecule has 0 aliphatic rings. The van der Waals surface area contributed by atoms with Crippen molar-refractivity contribution in [3.05, 3.63) is 36.9 Å². The van der Waals surface area contributed by atoms with Gasteiger partial charge in [-0.2, -0.15) is 0 Å². The number of nitrogens with one attached hydrogen (secondary N) is 1. The first-order valence-corrected chi connectivity index (χ1v) is 9.92. The van der Waals surface area contributed by atoms with Crippen LogP contribution in [0.1, 0.15) is 12.8 Å². The molecule has 0 fully saturated rings. The third kappa shape index (κ3) is 4.82. The van der Waals surface area contributed by atoms with Crippen molar-refractivity contribution in [1.82, 2.24) is 4.31 Å². The standard InChI is InChI=1S/C14H23N3O3S2/c1-5-6-7-12-21(18,19)16-13-8-10-14(11-9-13)22(20,15-2)17(3)4/h5,8-11,16H,1,6-7,12H2,2-4H3. The molecule has 0 bridgehead atoms. The van der Waals surface area contributed by atoms with Crippen molar-refractivity contribution >= 4 is 25.6 Å². The van der Waals surface area contributed by atoms with E-state index in [1.807, 2.05) is 0 Å². The molecule has 1 atom stereocenters. The van der Waals surface area contributed by atoms with Crippen LogP contribution in [0, 0.1) is 0 Å². The fourth-order valence-corrected chi connectivity index (χ4v) is 4.42. The first-order valence-electron chi connectivity index (χ1n) is 6.79. The van der Waals surface area contributed by atoms with Crippen LogP contribution in [-0.2, 0) is 19.9 Å². The number of hydrogen-bond donors (Lipinski definition) is 1. The SMILES string of the molecule is C=CCCCS(=O)(=O)Nc1ccc(S(=O)(=NC)N(C)C)cc1. The molecule has 1 aromatic carbocycles. The molecule has 1 N–H and O–H groups in total. The van der Waals surface area contributed by atoms with Gasteiger partial charge >= 0.3 is 0 Å². The third-order valence-corrected chi connectivity index (χ3v) is 6.74. The Morgan fingerprint density at radius 3 is 2.27 bits per heavy atom. The van der Waals surface area contributed by atoms with Crippen LogP contribution in [0.5, 0.6) is 0 Å². The Balaban J connectivity index is 2.90. The molecule has 22 heavy (non-hydrogen) atoms. The zero-order valence-corrected chi connectivity index (χ0v) is 14.8. The van der Waals surface area contributed by atoms with E-state index in [-0.39, 0.29) is 5.75 Å². The molecule has 6 nitrogen and oxygen atoms in total. The monoisotopic (exact) mass is 345 g/mol. The second-order valence-corrected chi connectivity index (χ2v) is 9.27. The summed E-state index contributed by atoms with van der Waals surface area (Å²) in [5.41, 5.74) is 0.443. The van der Waals surface area contributed by atoms with Crippen molar-refractivity contribution in [2.24, 2.45) is 4.36 Å². The second-order valence-electron chi connectivity index (χ2n) is 4.87. The molecule has 0 saturated heterocycles. The fraction of sp³-hybridized carbons (Fsp3) is 0.429. The molecular formula is C14H23N3O3S2. The molecule has 1 aromatic rings. The minimum Gasteiger partial charge on any atom is -0.284 e. The molecule has 1 rings (SSSR count). The molecule has 1 unspecified atom stereocenters. The van der Waals surface area contributed by atoms with Gasteiger partial charge in [-0.3, -0.25) is 4.72 Å². The lowest BCUT2D eigenvalue weighted by Gasteiger charge is -2.17. The molecule has 0 radical (unpaired) electrons. The van der Waals surface area contributed by atoms with Gasteiger partial charge in [-0.15, -0.1) is 6.58 Å². The summed E-state index contributed by atoms with van der Waals surface area (Å²) < 4.78 is 44.4. The summed E-state index contributed by atoms with van der Waals surface area (Å²) in [5, 5.41) is 0. The highest BCUT2D eigenvalue weighted by Gasteiger charge is 2.15. The predicted octanol–water partition coefficient (Wildman–Crippen LogP) is 2.33. The fourth-order valence-electron chi connectivity index (χ4n) is 1.83. The molecule has 0 aliphatic carbocycles. The Morgan fingerprint density at radius 2 is 1.82 bits per heavy atom. The van der Waals surface area contributed by atoms with E-state index in [1.54, 1.807) is 48.7 Å². The zero-order valence-electron chi connectivity index (χ0n) is 13.2. The highest BCUT2D eigenvalue weighted by Crippen LogP contribution is 2.19. The largest absolute Gasteiger partial charge is 0.284 e. The van der Waals surface area contributed by atoms with Crippen LogP contribution in [0.15, 0.2) is 46.2 Å². The summed E-state index contributed by atoms with van der Waals surface area (Å²) in [5.74, 6) is 0.0412. The van der Waals surface area contributed by atoms with Gasteiger partial charge in [-0.05, 0) is 37.1 Å². The molecular weight excluding hydrogens is 322 g/mol. The Labute approximate surface area is 133 Å². The van der Waals surface area contributed by atoms with Crippen molar-refractivity contribution in [2.75, 3.05) is 31.6 Å². The quantitative estimate of drug-likeness (QED) is 0.580. The topological polar surface area (TPSA) is 78.8 Å². The van der Waals surface area contributed by atoms with Gasteiger partial charge in [-0.25, -0.2) is 21.3 Å². The lowest BCUT2D eigenvalue weighted by molar-refractivity contribution is 0.591. The smallest absolute Gasteiger partial charge is 0.232 e. The first-order chi connectivity index (χ1) is 10.2. The van der Waals surface area contributed by atoms with Crippen LogP contribution in [-0.4, -0.2) is 43.8 Å². The van der Waals surface area contributed by atoms with Gasteiger partial charge in [0.2, 0.25) is 10.0 Å². The summed E-state index contributed by atoms with van der Waals surface area (Å²) in [6, 6.07) is 6.43. The van der Waals surface area contributed by atoms with Crippen molar-refractivity contribution in [1.29, 1.82) is 0 Å². The Morgan fingerprint density at radius 1 is 1.23 bits per heavy atom. The zero-order chi connectivity index (χ0) is 16.8. The van der Waals surface area contributed by atoms with E-state index in [4.69, 9.17) is 0 Å². The van der Waals surface area contributed by atoms with Crippen molar-refractivity contribution in [2.45, 2.75) is 17.7 Å². The highest BCUT2D eigenvalue weighted by atomic mass is 32.2. The van der Waals surface area contributed by atoms with Crippen molar-refractivity contribution in [3.63, 3.8) is 0 Å². The summed E-state index contributed by atoms with van der Waals surface area (Å²) in [6.07, 6.45) is 2.87. The number of unbranched alkanes of at least 4 members (excludes halogenated alkanes) is 1. The van der Waals surface area contributed by atoms with E-state index < -0.39 is 19.9 Å². The molecule has 124 valence electrons. The predicted molar refractivity (Wildman–Crippen MR) is 91.7 cm³/mol. The van der Waals surface area contributed by atoms with Gasteiger partial charge in [0.05, 0.1) is 10.6 Å². The van der Waals surface area contributed by atoms with E-state index in [9.17, 15) is 12.6 Å².